The molecule has 27 heavy (non-hydrogen) atoms. The molecule has 4 nitrogen and oxygen atoms in total. The standard InChI is InChI=1S/C23H23NO3/c1-14-15(2)23(25)27-22-17(14)10-11-21-19(22)12-24(13-26-21)20-9-5-7-16-6-3-4-8-18(16)20/h3-4,6,8,10-11,20H,5,7,9,12-13H2,1-2H3. The fraction of sp³-hybridized carbons (Fsp3) is 0.348. The summed E-state index contributed by atoms with van der Waals surface area (Å²) in [7, 11) is 0. The first-order chi connectivity index (χ1) is 13.1. The maximum absolute atomic E-state index is 12.3. The molecule has 5 rings (SSSR count). The zero-order valence-electron chi connectivity index (χ0n) is 15.7. The summed E-state index contributed by atoms with van der Waals surface area (Å²) < 4.78 is 11.8. The molecular formula is C23H23NO3. The van der Waals surface area contributed by atoms with E-state index in [1.54, 1.807) is 0 Å². The van der Waals surface area contributed by atoms with Crippen LogP contribution in [-0.4, -0.2) is 11.6 Å². The van der Waals surface area contributed by atoms with Crippen molar-refractivity contribution in [3.63, 3.8) is 0 Å². The van der Waals surface area contributed by atoms with Gasteiger partial charge in [-0.15, -0.1) is 0 Å². The van der Waals surface area contributed by atoms with Gasteiger partial charge in [-0.05, 0) is 61.9 Å². The normalized spacial score (nSPS) is 19.4. The van der Waals surface area contributed by atoms with E-state index in [9.17, 15) is 4.79 Å². The van der Waals surface area contributed by atoms with Crippen molar-refractivity contribution >= 4 is 11.0 Å². The Kier molecular flexibility index (Phi) is 3.83. The molecule has 4 heteroatoms. The van der Waals surface area contributed by atoms with Crippen LogP contribution < -0.4 is 10.4 Å². The molecule has 1 aliphatic heterocycles. The van der Waals surface area contributed by atoms with E-state index in [-0.39, 0.29) is 5.63 Å². The van der Waals surface area contributed by atoms with Crippen molar-refractivity contribution in [2.45, 2.75) is 45.7 Å². The zero-order chi connectivity index (χ0) is 18.5. The molecule has 2 aliphatic rings. The molecule has 0 spiro atoms. The van der Waals surface area contributed by atoms with Gasteiger partial charge in [0.25, 0.3) is 0 Å². The summed E-state index contributed by atoms with van der Waals surface area (Å²) >= 11 is 0. The Morgan fingerprint density at radius 1 is 1.07 bits per heavy atom. The van der Waals surface area contributed by atoms with Crippen LogP contribution >= 0.6 is 0 Å². The predicted octanol–water partition coefficient (Wildman–Crippen LogP) is 4.64. The molecular weight excluding hydrogens is 338 g/mol. The van der Waals surface area contributed by atoms with Crippen molar-refractivity contribution < 1.29 is 9.15 Å². The Labute approximate surface area is 158 Å². The molecule has 0 N–H and O–H groups in total. The lowest BCUT2D eigenvalue weighted by atomic mass is 9.86. The summed E-state index contributed by atoms with van der Waals surface area (Å²) in [6, 6.07) is 13.1. The summed E-state index contributed by atoms with van der Waals surface area (Å²) in [5.41, 5.74) is 5.92. The number of fused-ring (bicyclic) bond motifs is 4. The van der Waals surface area contributed by atoms with E-state index in [1.807, 2.05) is 26.0 Å². The van der Waals surface area contributed by atoms with Crippen molar-refractivity contribution in [2.24, 2.45) is 0 Å². The zero-order valence-corrected chi connectivity index (χ0v) is 15.7. The van der Waals surface area contributed by atoms with Crippen LogP contribution in [-0.2, 0) is 13.0 Å². The van der Waals surface area contributed by atoms with Gasteiger partial charge in [0.05, 0.1) is 5.56 Å². The van der Waals surface area contributed by atoms with E-state index in [1.165, 1.54) is 17.5 Å². The summed E-state index contributed by atoms with van der Waals surface area (Å²) in [4.78, 5) is 14.6. The third-order valence-corrected chi connectivity index (χ3v) is 6.21. The lowest BCUT2D eigenvalue weighted by molar-refractivity contribution is 0.0482. The SMILES string of the molecule is Cc1c(C)c2ccc3c(c2oc1=O)CN(C1CCCc2ccccc21)CO3. The monoisotopic (exact) mass is 361 g/mol. The van der Waals surface area contributed by atoms with Gasteiger partial charge < -0.3 is 9.15 Å². The van der Waals surface area contributed by atoms with E-state index in [0.717, 1.165) is 41.6 Å². The van der Waals surface area contributed by atoms with Crippen molar-refractivity contribution in [1.82, 2.24) is 4.90 Å². The van der Waals surface area contributed by atoms with Gasteiger partial charge in [-0.3, -0.25) is 4.90 Å². The van der Waals surface area contributed by atoms with Crippen LogP contribution in [0.3, 0.4) is 0 Å². The van der Waals surface area contributed by atoms with E-state index in [0.29, 0.717) is 23.9 Å². The highest BCUT2D eigenvalue weighted by Gasteiger charge is 2.30. The quantitative estimate of drug-likeness (QED) is 0.592. The van der Waals surface area contributed by atoms with Crippen LogP contribution in [0.4, 0.5) is 0 Å². The summed E-state index contributed by atoms with van der Waals surface area (Å²) in [6.07, 6.45) is 3.46. The second kappa shape index (κ2) is 6.24. The molecule has 1 unspecified atom stereocenters. The fourth-order valence-electron chi connectivity index (χ4n) is 4.54. The minimum absolute atomic E-state index is 0.256. The second-order valence-electron chi connectivity index (χ2n) is 7.69. The Morgan fingerprint density at radius 2 is 1.93 bits per heavy atom. The molecule has 0 fully saturated rings. The Bertz CT molecular complexity index is 1100. The van der Waals surface area contributed by atoms with Crippen LogP contribution in [0.5, 0.6) is 5.75 Å². The van der Waals surface area contributed by atoms with Gasteiger partial charge in [0.2, 0.25) is 0 Å². The number of rotatable bonds is 1. The molecule has 138 valence electrons. The number of benzene rings is 2. The number of hydrogen-bond donors (Lipinski definition) is 0. The van der Waals surface area contributed by atoms with E-state index in [4.69, 9.17) is 9.15 Å². The van der Waals surface area contributed by atoms with Crippen molar-refractivity contribution in [3.8, 4) is 5.75 Å². The summed E-state index contributed by atoms with van der Waals surface area (Å²) in [6.45, 7) is 5.10. The molecule has 2 heterocycles. The van der Waals surface area contributed by atoms with E-state index in [2.05, 4.69) is 29.2 Å². The first-order valence-corrected chi connectivity index (χ1v) is 9.64. The molecule has 3 aromatic rings. The van der Waals surface area contributed by atoms with Gasteiger partial charge in [0, 0.05) is 23.5 Å². The molecule has 0 saturated heterocycles. The Morgan fingerprint density at radius 3 is 2.81 bits per heavy atom. The van der Waals surface area contributed by atoms with Gasteiger partial charge in [-0.2, -0.15) is 0 Å². The van der Waals surface area contributed by atoms with Crippen LogP contribution in [0.25, 0.3) is 11.0 Å². The molecule has 0 amide bonds. The van der Waals surface area contributed by atoms with Crippen LogP contribution in [0.1, 0.15) is 46.7 Å². The van der Waals surface area contributed by atoms with Crippen molar-refractivity contribution in [1.29, 1.82) is 0 Å². The maximum Gasteiger partial charge on any atom is 0.339 e. The molecule has 1 aliphatic carbocycles. The first-order valence-electron chi connectivity index (χ1n) is 9.64. The lowest BCUT2D eigenvalue weighted by Crippen LogP contribution is -2.37. The minimum atomic E-state index is -0.256. The second-order valence-corrected chi connectivity index (χ2v) is 7.69. The highest BCUT2D eigenvalue weighted by Crippen LogP contribution is 2.40. The third kappa shape index (κ3) is 2.59. The number of nitrogens with zero attached hydrogens (tertiary/aromatic N) is 1. The highest BCUT2D eigenvalue weighted by atomic mass is 16.5. The molecule has 1 atom stereocenters. The van der Waals surface area contributed by atoms with E-state index >= 15 is 0 Å². The molecule has 0 saturated carbocycles. The molecule has 0 bridgehead atoms. The smallest absolute Gasteiger partial charge is 0.339 e. The van der Waals surface area contributed by atoms with Crippen LogP contribution in [0.2, 0.25) is 0 Å². The molecule has 0 radical (unpaired) electrons. The predicted molar refractivity (Wildman–Crippen MR) is 105 cm³/mol. The number of hydrogen-bond acceptors (Lipinski definition) is 4. The van der Waals surface area contributed by atoms with Gasteiger partial charge >= 0.3 is 5.63 Å². The van der Waals surface area contributed by atoms with Crippen LogP contribution in [0.15, 0.2) is 45.6 Å². The number of aryl methyl sites for hydroxylation is 2. The first kappa shape index (κ1) is 16.6. The van der Waals surface area contributed by atoms with Gasteiger partial charge in [-0.25, -0.2) is 4.79 Å². The Balaban J connectivity index is 1.59. The summed E-state index contributed by atoms with van der Waals surface area (Å²) in [5.74, 6) is 0.828. The van der Waals surface area contributed by atoms with Gasteiger partial charge in [-0.1, -0.05) is 24.3 Å². The van der Waals surface area contributed by atoms with Gasteiger partial charge in [0.15, 0.2) is 0 Å². The van der Waals surface area contributed by atoms with Gasteiger partial charge in [0.1, 0.15) is 18.1 Å². The lowest BCUT2D eigenvalue weighted by Gasteiger charge is -2.38. The topological polar surface area (TPSA) is 42.7 Å². The minimum Gasteiger partial charge on any atom is -0.478 e. The average Bonchev–Trinajstić information content (AvgIpc) is 2.71. The van der Waals surface area contributed by atoms with Crippen molar-refractivity contribution in [3.05, 3.63) is 74.6 Å². The number of ether oxygens (including phenoxy) is 1. The molecule has 1 aromatic heterocycles. The third-order valence-electron chi connectivity index (χ3n) is 6.21. The summed E-state index contributed by atoms with van der Waals surface area (Å²) in [5, 5.41) is 1.00. The van der Waals surface area contributed by atoms with E-state index < -0.39 is 0 Å². The largest absolute Gasteiger partial charge is 0.478 e. The highest BCUT2D eigenvalue weighted by molar-refractivity contribution is 5.85. The maximum atomic E-state index is 12.3. The van der Waals surface area contributed by atoms with Crippen LogP contribution in [0, 0.1) is 13.8 Å². The average molecular weight is 361 g/mol. The Hall–Kier alpha value is -2.59. The molecule has 2 aromatic carbocycles. The van der Waals surface area contributed by atoms with Crippen molar-refractivity contribution in [2.75, 3.05) is 6.73 Å². The fourth-order valence-corrected chi connectivity index (χ4v) is 4.54.